The molecule has 7 heteroatoms. The Morgan fingerprint density at radius 1 is 1.00 bits per heavy atom. The van der Waals surface area contributed by atoms with Crippen molar-refractivity contribution >= 4 is 37.3 Å². The van der Waals surface area contributed by atoms with Crippen LogP contribution in [0.25, 0.3) is 11.1 Å². The fraction of sp³-hybridized carbons (Fsp3) is 0.0526. The molecule has 3 aromatic carbocycles. The van der Waals surface area contributed by atoms with Gasteiger partial charge in [-0.25, -0.2) is 8.42 Å². The zero-order valence-electron chi connectivity index (χ0n) is 13.9. The summed E-state index contributed by atoms with van der Waals surface area (Å²) in [7, 11) is -4.00. The van der Waals surface area contributed by atoms with Gasteiger partial charge in [0, 0.05) is 0 Å². The molecule has 3 aromatic rings. The maximum Gasteiger partial charge on any atom is 0.265 e. The van der Waals surface area contributed by atoms with E-state index in [-0.39, 0.29) is 16.3 Å². The predicted molar refractivity (Wildman–Crippen MR) is 108 cm³/mol. The quantitative estimate of drug-likeness (QED) is 0.528. The van der Waals surface area contributed by atoms with Crippen LogP contribution < -0.4 is 10.5 Å². The number of benzene rings is 3. The summed E-state index contributed by atoms with van der Waals surface area (Å²) in [5.41, 5.74) is 9.15. The van der Waals surface area contributed by atoms with E-state index in [1.807, 2.05) is 30.3 Å². The fourth-order valence-electron chi connectivity index (χ4n) is 2.57. The minimum absolute atomic E-state index is 0.212. The van der Waals surface area contributed by atoms with E-state index < -0.39 is 10.0 Å². The molecule has 3 rings (SSSR count). The van der Waals surface area contributed by atoms with E-state index in [0.29, 0.717) is 15.7 Å². The molecule has 0 aliphatic rings. The van der Waals surface area contributed by atoms with Crippen LogP contribution in [0.3, 0.4) is 0 Å². The summed E-state index contributed by atoms with van der Waals surface area (Å²) in [5.74, 6) is -0.345. The number of nitrogens with two attached hydrogens (primary N) is 1. The highest BCUT2D eigenvalue weighted by atomic mass is 79.9. The predicted octanol–water partition coefficient (Wildman–Crippen LogP) is 4.51. The number of hydrogen-bond acceptors (Lipinski definition) is 4. The summed E-state index contributed by atoms with van der Waals surface area (Å²) in [6, 6.07) is 17.8. The number of sulfonamides is 1. The van der Waals surface area contributed by atoms with Crippen LogP contribution >= 0.6 is 15.9 Å². The summed E-state index contributed by atoms with van der Waals surface area (Å²) in [5, 5.41) is 10.1. The van der Waals surface area contributed by atoms with Crippen LogP contribution in [-0.4, -0.2) is 13.5 Å². The van der Waals surface area contributed by atoms with E-state index in [4.69, 9.17) is 5.73 Å². The standard InChI is InChI=1S/C19H17BrN2O3S/c1-12-9-15(20)19(23)18(10-12)26(24,25)22-17-8-7-14(11-16(17)21)13-5-3-2-4-6-13/h2-11,22-23H,21H2,1H3. The first-order valence-corrected chi connectivity index (χ1v) is 10.0. The van der Waals surface area contributed by atoms with Crippen molar-refractivity contribution in [3.8, 4) is 16.9 Å². The first kappa shape index (κ1) is 18.3. The van der Waals surface area contributed by atoms with Crippen molar-refractivity contribution in [3.05, 3.63) is 70.7 Å². The average molecular weight is 433 g/mol. The molecule has 0 radical (unpaired) electrons. The number of phenols is 1. The number of aromatic hydroxyl groups is 1. The van der Waals surface area contributed by atoms with Crippen molar-refractivity contribution in [3.63, 3.8) is 0 Å². The van der Waals surface area contributed by atoms with E-state index in [2.05, 4.69) is 20.7 Å². The van der Waals surface area contributed by atoms with Gasteiger partial charge in [0.25, 0.3) is 10.0 Å². The Morgan fingerprint density at radius 2 is 1.69 bits per heavy atom. The molecule has 4 N–H and O–H groups in total. The SMILES string of the molecule is Cc1cc(Br)c(O)c(S(=O)(=O)Nc2ccc(-c3ccccc3)cc2N)c1. The first-order valence-electron chi connectivity index (χ1n) is 7.75. The number of nitrogens with one attached hydrogen (secondary N) is 1. The van der Waals surface area contributed by atoms with Crippen LogP contribution in [0.2, 0.25) is 0 Å². The molecule has 0 fully saturated rings. The molecule has 0 saturated carbocycles. The molecule has 26 heavy (non-hydrogen) atoms. The third kappa shape index (κ3) is 3.68. The lowest BCUT2D eigenvalue weighted by Crippen LogP contribution is -2.14. The number of aryl methyl sites for hydroxylation is 1. The Hall–Kier alpha value is -2.51. The molecule has 0 heterocycles. The molecule has 5 nitrogen and oxygen atoms in total. The third-order valence-electron chi connectivity index (χ3n) is 3.87. The molecule has 0 atom stereocenters. The highest BCUT2D eigenvalue weighted by molar-refractivity contribution is 9.10. The zero-order chi connectivity index (χ0) is 18.9. The lowest BCUT2D eigenvalue weighted by Gasteiger charge is -2.14. The summed E-state index contributed by atoms with van der Waals surface area (Å²) in [4.78, 5) is -0.212. The number of nitrogen functional groups attached to an aromatic ring is 1. The van der Waals surface area contributed by atoms with E-state index in [9.17, 15) is 13.5 Å². The van der Waals surface area contributed by atoms with Crippen molar-refractivity contribution in [1.29, 1.82) is 0 Å². The number of phenolic OH excluding ortho intramolecular Hbond substituents is 1. The number of hydrogen-bond donors (Lipinski definition) is 3. The van der Waals surface area contributed by atoms with Gasteiger partial charge in [0.05, 0.1) is 15.8 Å². The highest BCUT2D eigenvalue weighted by Crippen LogP contribution is 2.35. The van der Waals surface area contributed by atoms with Gasteiger partial charge in [-0.1, -0.05) is 36.4 Å². The van der Waals surface area contributed by atoms with E-state index in [1.54, 1.807) is 31.2 Å². The van der Waals surface area contributed by atoms with Crippen LogP contribution in [0, 0.1) is 6.92 Å². The van der Waals surface area contributed by atoms with Crippen LogP contribution in [0.4, 0.5) is 11.4 Å². The second kappa shape index (κ2) is 7.01. The first-order chi connectivity index (χ1) is 12.3. The van der Waals surface area contributed by atoms with Crippen molar-refractivity contribution in [2.75, 3.05) is 10.5 Å². The second-order valence-corrected chi connectivity index (χ2v) is 8.37. The van der Waals surface area contributed by atoms with E-state index in [0.717, 1.165) is 11.1 Å². The third-order valence-corrected chi connectivity index (χ3v) is 5.85. The molecule has 0 aliphatic carbocycles. The Balaban J connectivity index is 1.96. The molecular weight excluding hydrogens is 416 g/mol. The highest BCUT2D eigenvalue weighted by Gasteiger charge is 2.22. The smallest absolute Gasteiger partial charge is 0.265 e. The molecule has 0 unspecified atom stereocenters. The molecule has 0 saturated heterocycles. The monoisotopic (exact) mass is 432 g/mol. The largest absolute Gasteiger partial charge is 0.505 e. The molecule has 0 aromatic heterocycles. The molecule has 0 bridgehead atoms. The zero-order valence-corrected chi connectivity index (χ0v) is 16.3. The van der Waals surface area contributed by atoms with Crippen molar-refractivity contribution in [2.24, 2.45) is 0 Å². The summed E-state index contributed by atoms with van der Waals surface area (Å²) >= 11 is 3.16. The fourth-order valence-corrected chi connectivity index (χ4v) is 4.57. The molecule has 0 amide bonds. The Morgan fingerprint density at radius 3 is 2.35 bits per heavy atom. The maximum atomic E-state index is 12.7. The topological polar surface area (TPSA) is 92.4 Å². The second-order valence-electron chi connectivity index (χ2n) is 5.87. The van der Waals surface area contributed by atoms with Gasteiger partial charge in [0.1, 0.15) is 10.6 Å². The molecular formula is C19H17BrN2O3S. The summed E-state index contributed by atoms with van der Waals surface area (Å²) in [6.07, 6.45) is 0. The minimum Gasteiger partial charge on any atom is -0.505 e. The average Bonchev–Trinajstić information content (AvgIpc) is 2.60. The van der Waals surface area contributed by atoms with Gasteiger partial charge in [0.2, 0.25) is 0 Å². The van der Waals surface area contributed by atoms with Crippen molar-refractivity contribution in [1.82, 2.24) is 0 Å². The number of halogens is 1. The van der Waals surface area contributed by atoms with Crippen LogP contribution in [-0.2, 0) is 10.0 Å². The lowest BCUT2D eigenvalue weighted by atomic mass is 10.0. The van der Waals surface area contributed by atoms with Gasteiger partial charge >= 0.3 is 0 Å². The normalized spacial score (nSPS) is 11.3. The van der Waals surface area contributed by atoms with Gasteiger partial charge in [-0.15, -0.1) is 0 Å². The van der Waals surface area contributed by atoms with Gasteiger partial charge in [-0.2, -0.15) is 0 Å². The van der Waals surface area contributed by atoms with E-state index in [1.165, 1.54) is 6.07 Å². The summed E-state index contributed by atoms with van der Waals surface area (Å²) in [6.45, 7) is 1.74. The van der Waals surface area contributed by atoms with Gasteiger partial charge < -0.3 is 10.8 Å². The maximum absolute atomic E-state index is 12.7. The number of anilines is 2. The molecule has 0 aliphatic heterocycles. The van der Waals surface area contributed by atoms with Gasteiger partial charge in [-0.3, -0.25) is 4.72 Å². The van der Waals surface area contributed by atoms with Crippen LogP contribution in [0.15, 0.2) is 70.0 Å². The Kier molecular flexibility index (Phi) is 4.93. The van der Waals surface area contributed by atoms with Gasteiger partial charge in [-0.05, 0) is 63.8 Å². The number of rotatable bonds is 4. The summed E-state index contributed by atoms with van der Waals surface area (Å²) < 4.78 is 28.1. The van der Waals surface area contributed by atoms with Crippen molar-refractivity contribution in [2.45, 2.75) is 11.8 Å². The lowest BCUT2D eigenvalue weighted by molar-refractivity contribution is 0.455. The van der Waals surface area contributed by atoms with E-state index >= 15 is 0 Å². The van der Waals surface area contributed by atoms with Crippen LogP contribution in [0.5, 0.6) is 5.75 Å². The van der Waals surface area contributed by atoms with Gasteiger partial charge in [0.15, 0.2) is 0 Å². The Bertz CT molecular complexity index is 1070. The van der Waals surface area contributed by atoms with Crippen molar-refractivity contribution < 1.29 is 13.5 Å². The minimum atomic E-state index is -4.00. The van der Waals surface area contributed by atoms with Crippen LogP contribution in [0.1, 0.15) is 5.56 Å². The Labute approximate surface area is 160 Å². The molecule has 0 spiro atoms. The molecule has 134 valence electrons.